The Morgan fingerprint density at radius 3 is 3.05 bits per heavy atom. The average Bonchev–Trinajstić information content (AvgIpc) is 2.78. The molecule has 100 valence electrons. The van der Waals surface area contributed by atoms with Crippen LogP contribution in [0.4, 0.5) is 5.69 Å². The molecule has 19 heavy (non-hydrogen) atoms. The Bertz CT molecular complexity index is 607. The highest BCUT2D eigenvalue weighted by atomic mass is 35.5. The quantitative estimate of drug-likeness (QED) is 0.899. The second-order valence-corrected chi connectivity index (χ2v) is 5.65. The second-order valence-electron chi connectivity index (χ2n) is 4.86. The first-order valence-corrected chi connectivity index (χ1v) is 7.13. The van der Waals surface area contributed by atoms with E-state index in [4.69, 9.17) is 23.2 Å². The number of benzene rings is 1. The minimum Gasteiger partial charge on any atom is -0.377 e. The van der Waals surface area contributed by atoms with Crippen molar-refractivity contribution in [2.45, 2.75) is 25.3 Å². The summed E-state index contributed by atoms with van der Waals surface area (Å²) in [6.07, 6.45) is 5.28. The van der Waals surface area contributed by atoms with E-state index in [0.717, 1.165) is 24.9 Å². The van der Waals surface area contributed by atoms with E-state index in [0.29, 0.717) is 10.0 Å². The van der Waals surface area contributed by atoms with E-state index in [2.05, 4.69) is 10.4 Å². The third-order valence-electron chi connectivity index (χ3n) is 3.66. The van der Waals surface area contributed by atoms with Gasteiger partial charge in [-0.1, -0.05) is 29.3 Å². The summed E-state index contributed by atoms with van der Waals surface area (Å²) in [5.41, 5.74) is 3.46. The van der Waals surface area contributed by atoms with Gasteiger partial charge < -0.3 is 5.32 Å². The van der Waals surface area contributed by atoms with E-state index >= 15 is 0 Å². The van der Waals surface area contributed by atoms with Crippen LogP contribution in [0.25, 0.3) is 0 Å². The van der Waals surface area contributed by atoms with Gasteiger partial charge in [-0.15, -0.1) is 0 Å². The normalized spacial score (nSPS) is 18.2. The zero-order valence-electron chi connectivity index (χ0n) is 10.7. The number of rotatable bonds is 2. The van der Waals surface area contributed by atoms with Gasteiger partial charge in [0.05, 0.1) is 28.0 Å². The van der Waals surface area contributed by atoms with Gasteiger partial charge in [-0.3, -0.25) is 4.68 Å². The summed E-state index contributed by atoms with van der Waals surface area (Å²) in [5.74, 6) is 0. The molecule has 0 saturated carbocycles. The number of nitrogens with one attached hydrogen (secondary N) is 1. The van der Waals surface area contributed by atoms with Gasteiger partial charge in [0, 0.05) is 18.3 Å². The minimum absolute atomic E-state index is 0.258. The summed E-state index contributed by atoms with van der Waals surface area (Å²) < 4.78 is 1.96. The van der Waals surface area contributed by atoms with Gasteiger partial charge in [-0.25, -0.2) is 0 Å². The molecule has 3 nitrogen and oxygen atoms in total. The molecular weight excluding hydrogens is 281 g/mol. The van der Waals surface area contributed by atoms with Gasteiger partial charge in [-0.05, 0) is 31.4 Å². The van der Waals surface area contributed by atoms with Crippen molar-refractivity contribution >= 4 is 28.9 Å². The Kier molecular flexibility index (Phi) is 3.42. The first-order chi connectivity index (χ1) is 9.16. The Balaban J connectivity index is 1.91. The molecular formula is C14H15Cl2N3. The lowest BCUT2D eigenvalue weighted by atomic mass is 9.93. The van der Waals surface area contributed by atoms with Gasteiger partial charge in [0.15, 0.2) is 0 Å². The van der Waals surface area contributed by atoms with E-state index in [1.165, 1.54) is 11.3 Å². The molecule has 0 aliphatic heterocycles. The monoisotopic (exact) mass is 295 g/mol. The van der Waals surface area contributed by atoms with Crippen molar-refractivity contribution in [2.75, 3.05) is 5.32 Å². The highest BCUT2D eigenvalue weighted by Gasteiger charge is 2.23. The Hall–Kier alpha value is -1.19. The zero-order valence-corrected chi connectivity index (χ0v) is 12.2. The van der Waals surface area contributed by atoms with Crippen molar-refractivity contribution in [1.82, 2.24) is 9.78 Å². The molecule has 3 rings (SSSR count). The molecule has 1 heterocycles. The summed E-state index contributed by atoms with van der Waals surface area (Å²) in [7, 11) is 1.99. The number of aromatic nitrogens is 2. The number of nitrogens with zero attached hydrogens (tertiary/aromatic N) is 2. The van der Waals surface area contributed by atoms with Crippen LogP contribution in [0.15, 0.2) is 24.4 Å². The third-order valence-corrected chi connectivity index (χ3v) is 4.48. The van der Waals surface area contributed by atoms with Crippen molar-refractivity contribution in [1.29, 1.82) is 0 Å². The lowest BCUT2D eigenvalue weighted by Crippen LogP contribution is -2.18. The fourth-order valence-corrected chi connectivity index (χ4v) is 3.01. The van der Waals surface area contributed by atoms with Crippen molar-refractivity contribution < 1.29 is 0 Å². The molecule has 1 atom stereocenters. The predicted molar refractivity (Wildman–Crippen MR) is 79.0 cm³/mol. The molecule has 1 N–H and O–H groups in total. The number of hydrogen-bond acceptors (Lipinski definition) is 2. The predicted octanol–water partition coefficient (Wildman–Crippen LogP) is 4.22. The molecule has 2 aromatic rings. The molecule has 1 aliphatic carbocycles. The first kappa shape index (κ1) is 12.8. The van der Waals surface area contributed by atoms with E-state index in [-0.39, 0.29) is 6.04 Å². The molecule has 0 spiro atoms. The molecule has 1 unspecified atom stereocenters. The fraction of sp³-hybridized carbons (Fsp3) is 0.357. The molecule has 0 amide bonds. The van der Waals surface area contributed by atoms with Gasteiger partial charge >= 0.3 is 0 Å². The molecule has 1 aliphatic rings. The first-order valence-electron chi connectivity index (χ1n) is 6.38. The lowest BCUT2D eigenvalue weighted by molar-refractivity contribution is 0.571. The van der Waals surface area contributed by atoms with Crippen LogP contribution >= 0.6 is 23.2 Å². The van der Waals surface area contributed by atoms with Gasteiger partial charge in [-0.2, -0.15) is 5.10 Å². The Morgan fingerprint density at radius 2 is 2.21 bits per heavy atom. The van der Waals surface area contributed by atoms with Crippen LogP contribution in [0.3, 0.4) is 0 Å². The molecule has 0 saturated heterocycles. The van der Waals surface area contributed by atoms with Crippen LogP contribution in [0.5, 0.6) is 0 Å². The molecule has 1 aromatic carbocycles. The van der Waals surface area contributed by atoms with Crippen LogP contribution in [0, 0.1) is 0 Å². The highest BCUT2D eigenvalue weighted by molar-refractivity contribution is 6.43. The standard InChI is InChI=1S/C14H15Cl2N3/c1-19-13-7-3-5-11(9(13)8-17-19)18-12-6-2-4-10(15)14(12)16/h2,4,6,8,11,18H,3,5,7H2,1H3. The number of fused-ring (bicyclic) bond motifs is 1. The Morgan fingerprint density at radius 1 is 1.37 bits per heavy atom. The zero-order chi connectivity index (χ0) is 13.4. The number of aryl methyl sites for hydroxylation is 1. The smallest absolute Gasteiger partial charge is 0.0823 e. The molecule has 0 radical (unpaired) electrons. The molecule has 1 aromatic heterocycles. The van der Waals surface area contributed by atoms with Crippen LogP contribution < -0.4 is 5.32 Å². The maximum Gasteiger partial charge on any atom is 0.0823 e. The average molecular weight is 296 g/mol. The topological polar surface area (TPSA) is 29.9 Å². The van der Waals surface area contributed by atoms with Crippen LogP contribution in [-0.4, -0.2) is 9.78 Å². The van der Waals surface area contributed by atoms with Gasteiger partial charge in [0.2, 0.25) is 0 Å². The summed E-state index contributed by atoms with van der Waals surface area (Å²) in [6, 6.07) is 5.92. The molecule has 0 fully saturated rings. The van der Waals surface area contributed by atoms with E-state index < -0.39 is 0 Å². The summed E-state index contributed by atoms with van der Waals surface area (Å²) in [6.45, 7) is 0. The summed E-state index contributed by atoms with van der Waals surface area (Å²) in [5, 5.41) is 9.00. The maximum atomic E-state index is 6.23. The Labute approximate surface area is 122 Å². The number of halogens is 2. The molecule has 5 heteroatoms. The third kappa shape index (κ3) is 2.33. The maximum absolute atomic E-state index is 6.23. The van der Waals surface area contributed by atoms with Crippen molar-refractivity contribution in [3.8, 4) is 0 Å². The number of hydrogen-bond donors (Lipinski definition) is 1. The molecule has 0 bridgehead atoms. The van der Waals surface area contributed by atoms with Gasteiger partial charge in [0.25, 0.3) is 0 Å². The fourth-order valence-electron chi connectivity index (χ4n) is 2.66. The van der Waals surface area contributed by atoms with E-state index in [1.54, 1.807) is 6.07 Å². The largest absolute Gasteiger partial charge is 0.377 e. The van der Waals surface area contributed by atoms with Crippen molar-refractivity contribution in [2.24, 2.45) is 7.05 Å². The summed E-state index contributed by atoms with van der Waals surface area (Å²) >= 11 is 12.3. The van der Waals surface area contributed by atoms with Crippen molar-refractivity contribution in [3.05, 3.63) is 45.7 Å². The number of anilines is 1. The second kappa shape index (κ2) is 5.06. The summed E-state index contributed by atoms with van der Waals surface area (Å²) in [4.78, 5) is 0. The van der Waals surface area contributed by atoms with Gasteiger partial charge in [0.1, 0.15) is 0 Å². The van der Waals surface area contributed by atoms with E-state index in [1.807, 2.05) is 30.1 Å². The minimum atomic E-state index is 0.258. The lowest BCUT2D eigenvalue weighted by Gasteiger charge is -2.25. The van der Waals surface area contributed by atoms with Crippen LogP contribution in [-0.2, 0) is 13.5 Å². The van der Waals surface area contributed by atoms with Crippen LogP contribution in [0.2, 0.25) is 10.0 Å². The highest BCUT2D eigenvalue weighted by Crippen LogP contribution is 2.36. The van der Waals surface area contributed by atoms with Crippen LogP contribution in [0.1, 0.15) is 30.1 Å². The SMILES string of the molecule is Cn1ncc2c1CCCC2Nc1cccc(Cl)c1Cl. The van der Waals surface area contributed by atoms with Crippen molar-refractivity contribution in [3.63, 3.8) is 0 Å². The van der Waals surface area contributed by atoms with E-state index in [9.17, 15) is 0 Å².